The van der Waals surface area contributed by atoms with E-state index in [-0.39, 0.29) is 5.82 Å². The zero-order valence-electron chi connectivity index (χ0n) is 12.4. The predicted octanol–water partition coefficient (Wildman–Crippen LogP) is 4.16. The lowest BCUT2D eigenvalue weighted by Crippen LogP contribution is -1.92. The third-order valence-corrected chi connectivity index (χ3v) is 3.64. The minimum Gasteiger partial charge on any atom is -0.496 e. The molecular formula is C16H14FN3O2. The van der Waals surface area contributed by atoms with Crippen molar-refractivity contribution in [2.24, 2.45) is 5.18 Å². The summed E-state index contributed by atoms with van der Waals surface area (Å²) in [4.78, 5) is 15.7. The van der Waals surface area contributed by atoms with E-state index < -0.39 is 5.82 Å². The van der Waals surface area contributed by atoms with Crippen molar-refractivity contribution in [1.29, 1.82) is 0 Å². The minimum absolute atomic E-state index is 0.0853. The first-order valence-corrected chi connectivity index (χ1v) is 6.71. The Labute approximate surface area is 126 Å². The van der Waals surface area contributed by atoms with Crippen LogP contribution < -0.4 is 4.74 Å². The molecule has 1 aromatic carbocycles. The molecule has 0 spiro atoms. The number of imidazole rings is 1. The van der Waals surface area contributed by atoms with E-state index in [2.05, 4.69) is 10.2 Å². The molecule has 0 atom stereocenters. The summed E-state index contributed by atoms with van der Waals surface area (Å²) in [6.45, 7) is 3.81. The lowest BCUT2D eigenvalue weighted by Gasteiger charge is -2.10. The van der Waals surface area contributed by atoms with Crippen LogP contribution in [0.5, 0.6) is 5.75 Å². The summed E-state index contributed by atoms with van der Waals surface area (Å²) in [5, 5.41) is 3.04. The van der Waals surface area contributed by atoms with Crippen molar-refractivity contribution in [2.45, 2.75) is 13.8 Å². The van der Waals surface area contributed by atoms with Gasteiger partial charge in [-0.3, -0.25) is 4.40 Å². The maximum atomic E-state index is 13.4. The van der Waals surface area contributed by atoms with Crippen LogP contribution >= 0.6 is 0 Å². The average molecular weight is 299 g/mol. The van der Waals surface area contributed by atoms with Crippen LogP contribution in [0.2, 0.25) is 0 Å². The van der Waals surface area contributed by atoms with Crippen molar-refractivity contribution < 1.29 is 9.13 Å². The van der Waals surface area contributed by atoms with Crippen LogP contribution in [0.3, 0.4) is 0 Å². The molecule has 0 saturated carbocycles. The van der Waals surface area contributed by atoms with E-state index in [0.29, 0.717) is 11.3 Å². The molecule has 0 radical (unpaired) electrons. The molecule has 0 unspecified atom stereocenters. The Morgan fingerprint density at radius 2 is 2.00 bits per heavy atom. The number of aryl methyl sites for hydroxylation is 2. The first-order chi connectivity index (χ1) is 10.5. The van der Waals surface area contributed by atoms with Gasteiger partial charge >= 0.3 is 0 Å². The summed E-state index contributed by atoms with van der Waals surface area (Å²) in [6.07, 6.45) is 1.20. The Morgan fingerprint density at radius 1 is 1.23 bits per heavy atom. The number of nitrogens with zero attached hydrogens (tertiary/aromatic N) is 3. The van der Waals surface area contributed by atoms with Gasteiger partial charge in [0.2, 0.25) is 5.82 Å². The number of hydrogen-bond acceptors (Lipinski definition) is 4. The van der Waals surface area contributed by atoms with E-state index in [1.165, 1.54) is 22.7 Å². The second-order valence-corrected chi connectivity index (χ2v) is 5.09. The Bertz CT molecular complexity index is 887. The zero-order valence-corrected chi connectivity index (χ0v) is 12.4. The van der Waals surface area contributed by atoms with E-state index in [0.717, 1.165) is 22.4 Å². The van der Waals surface area contributed by atoms with Crippen LogP contribution in [0.1, 0.15) is 11.1 Å². The van der Waals surface area contributed by atoms with Crippen LogP contribution in [0, 0.1) is 24.6 Å². The molecule has 22 heavy (non-hydrogen) atoms. The normalized spacial score (nSPS) is 10.9. The van der Waals surface area contributed by atoms with Gasteiger partial charge < -0.3 is 4.74 Å². The van der Waals surface area contributed by atoms with E-state index in [1.807, 2.05) is 26.0 Å². The van der Waals surface area contributed by atoms with Gasteiger partial charge in [-0.15, -0.1) is 4.91 Å². The van der Waals surface area contributed by atoms with Crippen molar-refractivity contribution in [3.05, 3.63) is 52.3 Å². The summed E-state index contributed by atoms with van der Waals surface area (Å²) in [5.41, 5.74) is 3.50. The Kier molecular flexibility index (Phi) is 3.36. The largest absolute Gasteiger partial charge is 0.496 e. The van der Waals surface area contributed by atoms with Gasteiger partial charge in [-0.05, 0) is 54.4 Å². The van der Waals surface area contributed by atoms with Crippen LogP contribution in [0.25, 0.3) is 16.9 Å². The molecule has 5 nitrogen and oxygen atoms in total. The van der Waals surface area contributed by atoms with Gasteiger partial charge in [-0.1, -0.05) is 0 Å². The molecule has 112 valence electrons. The fraction of sp³-hybridized carbons (Fsp3) is 0.188. The molecular weight excluding hydrogens is 285 g/mol. The maximum Gasteiger partial charge on any atom is 0.209 e. The molecule has 0 aliphatic heterocycles. The highest BCUT2D eigenvalue weighted by atomic mass is 19.1. The molecule has 2 heterocycles. The fourth-order valence-electron chi connectivity index (χ4n) is 2.54. The van der Waals surface area contributed by atoms with Gasteiger partial charge in [-0.25, -0.2) is 9.37 Å². The molecule has 0 N–H and O–H groups in total. The smallest absolute Gasteiger partial charge is 0.209 e. The topological polar surface area (TPSA) is 56.0 Å². The van der Waals surface area contributed by atoms with Crippen molar-refractivity contribution in [1.82, 2.24) is 9.38 Å². The van der Waals surface area contributed by atoms with E-state index in [4.69, 9.17) is 4.74 Å². The van der Waals surface area contributed by atoms with E-state index >= 15 is 0 Å². The highest BCUT2D eigenvalue weighted by Gasteiger charge is 2.18. The number of halogens is 1. The monoisotopic (exact) mass is 299 g/mol. The van der Waals surface area contributed by atoms with E-state index in [1.54, 1.807) is 7.11 Å². The van der Waals surface area contributed by atoms with Gasteiger partial charge in [0.05, 0.1) is 7.11 Å². The molecule has 3 aromatic rings. The van der Waals surface area contributed by atoms with Crippen LogP contribution in [-0.4, -0.2) is 16.5 Å². The van der Waals surface area contributed by atoms with Crippen LogP contribution in [0.4, 0.5) is 10.2 Å². The first-order valence-electron chi connectivity index (χ1n) is 6.71. The molecule has 0 aliphatic carbocycles. The first kappa shape index (κ1) is 14.2. The zero-order chi connectivity index (χ0) is 15.9. The van der Waals surface area contributed by atoms with Crippen molar-refractivity contribution >= 4 is 11.5 Å². The number of benzene rings is 1. The molecule has 0 bridgehead atoms. The second kappa shape index (κ2) is 5.22. The average Bonchev–Trinajstić information content (AvgIpc) is 2.86. The molecule has 0 aliphatic rings. The summed E-state index contributed by atoms with van der Waals surface area (Å²) in [7, 11) is 1.60. The molecule has 0 saturated heterocycles. The van der Waals surface area contributed by atoms with Gasteiger partial charge in [0.15, 0.2) is 0 Å². The SMILES string of the molecule is COc1cc(C)c(-c2nc3ccc(F)cn3c2N=O)cc1C. The number of nitroso groups, excluding NO2 is 1. The lowest BCUT2D eigenvalue weighted by atomic mass is 10.0. The number of fused-ring (bicyclic) bond motifs is 1. The quantitative estimate of drug-likeness (QED) is 0.682. The summed E-state index contributed by atoms with van der Waals surface area (Å²) in [5.74, 6) is 0.392. The summed E-state index contributed by atoms with van der Waals surface area (Å²) >= 11 is 0. The number of methoxy groups -OCH3 is 1. The molecule has 0 fully saturated rings. The van der Waals surface area contributed by atoms with Gasteiger partial charge in [0.25, 0.3) is 0 Å². The highest BCUT2D eigenvalue weighted by Crippen LogP contribution is 2.35. The Balaban J connectivity index is 2.30. The molecule has 3 rings (SSSR count). The van der Waals surface area contributed by atoms with Gasteiger partial charge in [-0.2, -0.15) is 0 Å². The van der Waals surface area contributed by atoms with Gasteiger partial charge in [0.1, 0.15) is 22.9 Å². The second-order valence-electron chi connectivity index (χ2n) is 5.09. The van der Waals surface area contributed by atoms with E-state index in [9.17, 15) is 9.30 Å². The number of hydrogen-bond donors (Lipinski definition) is 0. The van der Waals surface area contributed by atoms with Crippen LogP contribution in [-0.2, 0) is 0 Å². The summed E-state index contributed by atoms with van der Waals surface area (Å²) < 4.78 is 20.0. The predicted molar refractivity (Wildman–Crippen MR) is 82.1 cm³/mol. The molecule has 0 amide bonds. The highest BCUT2D eigenvalue weighted by molar-refractivity contribution is 5.77. The number of aromatic nitrogens is 2. The van der Waals surface area contributed by atoms with Crippen molar-refractivity contribution in [3.8, 4) is 17.0 Å². The minimum atomic E-state index is -0.455. The standard InChI is InChI=1S/C16H14FN3O2/c1-9-7-13(22-3)10(2)6-12(9)15-16(19-21)20-8-11(17)4-5-14(20)18-15/h4-8H,1-3H3. The van der Waals surface area contributed by atoms with Crippen molar-refractivity contribution in [3.63, 3.8) is 0 Å². The third kappa shape index (κ3) is 2.13. The summed E-state index contributed by atoms with van der Waals surface area (Å²) in [6, 6.07) is 6.58. The third-order valence-electron chi connectivity index (χ3n) is 3.64. The number of ether oxygens (including phenoxy) is 1. The Hall–Kier alpha value is -2.76. The van der Waals surface area contributed by atoms with Crippen LogP contribution in [0.15, 0.2) is 35.6 Å². The van der Waals surface area contributed by atoms with Gasteiger partial charge in [0, 0.05) is 11.8 Å². The lowest BCUT2D eigenvalue weighted by molar-refractivity contribution is 0.411. The molecule has 6 heteroatoms. The maximum absolute atomic E-state index is 13.4. The fourth-order valence-corrected chi connectivity index (χ4v) is 2.54. The number of pyridine rings is 1. The van der Waals surface area contributed by atoms with Crippen molar-refractivity contribution in [2.75, 3.05) is 7.11 Å². The Morgan fingerprint density at radius 3 is 2.68 bits per heavy atom. The molecule has 2 aromatic heterocycles. The number of rotatable bonds is 3.